The Labute approximate surface area is 94.6 Å². The van der Waals surface area contributed by atoms with Crippen LogP contribution < -0.4 is 0 Å². The van der Waals surface area contributed by atoms with Gasteiger partial charge >= 0.3 is 0 Å². The number of hydrogen-bond donors (Lipinski definition) is 1. The Bertz CT molecular complexity index is 348. The molecule has 4 unspecified atom stereocenters. The van der Waals surface area contributed by atoms with Crippen LogP contribution in [-0.2, 0) is 9.47 Å². The minimum atomic E-state index is -0.422. The van der Waals surface area contributed by atoms with Gasteiger partial charge < -0.3 is 14.7 Å². The van der Waals surface area contributed by atoms with E-state index in [1.54, 1.807) is 0 Å². The topological polar surface area (TPSA) is 51.1 Å². The molecule has 4 bridgehead atoms. The second kappa shape index (κ2) is 2.99. The molecule has 0 amide bonds. The quantitative estimate of drug-likeness (QED) is 0.501. The van der Waals surface area contributed by atoms with Crippen LogP contribution in [0.1, 0.15) is 25.7 Å². The van der Waals surface area contributed by atoms with Gasteiger partial charge in [0.25, 0.3) is 0 Å². The minimum Gasteiger partial charge on any atom is -0.411 e. The van der Waals surface area contributed by atoms with E-state index in [1.165, 1.54) is 12.8 Å². The zero-order chi connectivity index (χ0) is 10.8. The molecule has 1 aliphatic heterocycles. The first-order valence-corrected chi connectivity index (χ1v) is 6.33. The van der Waals surface area contributed by atoms with Gasteiger partial charge in [0.1, 0.15) is 0 Å². The SMILES string of the molecule is O/N=C1/C2CC3CC(C2)C2(OCCO2)C1C3. The van der Waals surface area contributed by atoms with Crippen LogP contribution in [0.3, 0.4) is 0 Å². The van der Waals surface area contributed by atoms with Gasteiger partial charge in [0.05, 0.1) is 24.8 Å². The molecule has 5 aliphatic rings. The maximum atomic E-state index is 9.22. The van der Waals surface area contributed by atoms with Crippen molar-refractivity contribution in [1.82, 2.24) is 0 Å². The molecule has 1 N–H and O–H groups in total. The lowest BCUT2D eigenvalue weighted by Gasteiger charge is -2.58. The first kappa shape index (κ1) is 9.42. The molecule has 4 atom stereocenters. The van der Waals surface area contributed by atoms with Crippen molar-refractivity contribution in [3.05, 3.63) is 0 Å². The zero-order valence-corrected chi connectivity index (χ0v) is 9.26. The minimum absolute atomic E-state index is 0.219. The highest BCUT2D eigenvalue weighted by Gasteiger charge is 2.63. The highest BCUT2D eigenvalue weighted by Crippen LogP contribution is 2.59. The highest BCUT2D eigenvalue weighted by molar-refractivity contribution is 5.91. The fraction of sp³-hybridized carbons (Fsp3) is 0.917. The summed E-state index contributed by atoms with van der Waals surface area (Å²) in [6, 6.07) is 0. The van der Waals surface area contributed by atoms with Gasteiger partial charge in [0.15, 0.2) is 5.79 Å². The Morgan fingerprint density at radius 3 is 2.69 bits per heavy atom. The molecule has 4 saturated carbocycles. The van der Waals surface area contributed by atoms with E-state index in [4.69, 9.17) is 9.47 Å². The van der Waals surface area contributed by atoms with Gasteiger partial charge in [-0.1, -0.05) is 5.16 Å². The van der Waals surface area contributed by atoms with E-state index in [9.17, 15) is 5.21 Å². The molecule has 5 rings (SSSR count). The Kier molecular flexibility index (Phi) is 1.76. The lowest BCUT2D eigenvalue weighted by atomic mass is 9.52. The van der Waals surface area contributed by atoms with Crippen LogP contribution in [0.4, 0.5) is 0 Å². The molecule has 88 valence electrons. The first-order valence-electron chi connectivity index (χ1n) is 6.33. The summed E-state index contributed by atoms with van der Waals surface area (Å²) in [5.74, 6) is 1.62. The van der Waals surface area contributed by atoms with Crippen LogP contribution in [0.25, 0.3) is 0 Å². The third-order valence-corrected chi connectivity index (χ3v) is 5.06. The summed E-state index contributed by atoms with van der Waals surface area (Å²) < 4.78 is 11.9. The van der Waals surface area contributed by atoms with Crippen LogP contribution in [0, 0.1) is 23.7 Å². The number of rotatable bonds is 0. The van der Waals surface area contributed by atoms with E-state index in [0.29, 0.717) is 25.0 Å². The lowest BCUT2D eigenvalue weighted by molar-refractivity contribution is -0.257. The Morgan fingerprint density at radius 2 is 1.94 bits per heavy atom. The molecule has 4 heteroatoms. The van der Waals surface area contributed by atoms with Gasteiger partial charge in [-0.3, -0.25) is 0 Å². The van der Waals surface area contributed by atoms with Gasteiger partial charge in [0, 0.05) is 11.8 Å². The largest absolute Gasteiger partial charge is 0.411 e. The molecular weight excluding hydrogens is 206 g/mol. The monoisotopic (exact) mass is 223 g/mol. The number of ether oxygens (including phenoxy) is 2. The van der Waals surface area contributed by atoms with Crippen molar-refractivity contribution in [1.29, 1.82) is 0 Å². The van der Waals surface area contributed by atoms with Crippen LogP contribution in [-0.4, -0.2) is 29.9 Å². The molecule has 16 heavy (non-hydrogen) atoms. The molecule has 4 aliphatic carbocycles. The van der Waals surface area contributed by atoms with Crippen molar-refractivity contribution in [2.45, 2.75) is 31.5 Å². The number of oxime groups is 1. The van der Waals surface area contributed by atoms with Crippen LogP contribution in [0.2, 0.25) is 0 Å². The molecule has 0 radical (unpaired) electrons. The summed E-state index contributed by atoms with van der Waals surface area (Å²) in [6.07, 6.45) is 4.63. The van der Waals surface area contributed by atoms with E-state index in [1.807, 2.05) is 0 Å². The van der Waals surface area contributed by atoms with Crippen molar-refractivity contribution < 1.29 is 14.7 Å². The normalized spacial score (nSPS) is 50.6. The molecule has 0 aromatic carbocycles. The third kappa shape index (κ3) is 0.955. The van der Waals surface area contributed by atoms with Gasteiger partial charge in [-0.05, 0) is 31.6 Å². The maximum Gasteiger partial charge on any atom is 0.179 e. The van der Waals surface area contributed by atoms with E-state index in [-0.39, 0.29) is 5.92 Å². The predicted octanol–water partition coefficient (Wildman–Crippen LogP) is 1.63. The second-order valence-electron chi connectivity index (χ2n) is 5.70. The number of hydrogen-bond acceptors (Lipinski definition) is 4. The Balaban J connectivity index is 1.80. The van der Waals surface area contributed by atoms with Crippen molar-refractivity contribution in [3.8, 4) is 0 Å². The van der Waals surface area contributed by atoms with Gasteiger partial charge in [0.2, 0.25) is 0 Å². The number of nitrogens with zero attached hydrogens (tertiary/aromatic N) is 1. The van der Waals surface area contributed by atoms with Crippen molar-refractivity contribution in [3.63, 3.8) is 0 Å². The van der Waals surface area contributed by atoms with Crippen molar-refractivity contribution >= 4 is 5.71 Å². The molecular formula is C12H17NO3. The van der Waals surface area contributed by atoms with Crippen LogP contribution in [0.15, 0.2) is 5.16 Å². The van der Waals surface area contributed by atoms with Crippen molar-refractivity contribution in [2.75, 3.05) is 13.2 Å². The predicted molar refractivity (Wildman–Crippen MR) is 56.3 cm³/mol. The Hall–Kier alpha value is -0.610. The van der Waals surface area contributed by atoms with E-state index in [0.717, 1.165) is 24.5 Å². The third-order valence-electron chi connectivity index (χ3n) is 5.06. The summed E-state index contributed by atoms with van der Waals surface area (Å²) in [5, 5.41) is 12.8. The molecule has 0 aromatic heterocycles. The van der Waals surface area contributed by atoms with Crippen molar-refractivity contribution in [2.24, 2.45) is 28.8 Å². The average Bonchev–Trinajstić information content (AvgIpc) is 2.76. The fourth-order valence-corrected chi connectivity index (χ4v) is 4.63. The molecule has 1 heterocycles. The smallest absolute Gasteiger partial charge is 0.179 e. The van der Waals surface area contributed by atoms with E-state index in [2.05, 4.69) is 5.16 Å². The van der Waals surface area contributed by atoms with Gasteiger partial charge in [-0.25, -0.2) is 0 Å². The van der Waals surface area contributed by atoms with Gasteiger partial charge in [-0.2, -0.15) is 0 Å². The molecule has 4 nitrogen and oxygen atoms in total. The fourth-order valence-electron chi connectivity index (χ4n) is 4.63. The van der Waals surface area contributed by atoms with Crippen LogP contribution in [0.5, 0.6) is 0 Å². The maximum absolute atomic E-state index is 9.22. The first-order chi connectivity index (χ1) is 7.83. The lowest BCUT2D eigenvalue weighted by Crippen LogP contribution is -2.62. The highest BCUT2D eigenvalue weighted by atomic mass is 16.7. The summed E-state index contributed by atoms with van der Waals surface area (Å²) >= 11 is 0. The standard InChI is InChI=1S/C12H17NO3/c14-13-11-8-3-7-4-9(6-8)12(10(11)5-7)15-1-2-16-12/h7-10,14H,1-6H2/b13-11-. The average molecular weight is 223 g/mol. The van der Waals surface area contributed by atoms with Crippen LogP contribution >= 0.6 is 0 Å². The van der Waals surface area contributed by atoms with Gasteiger partial charge in [-0.15, -0.1) is 0 Å². The molecule has 5 fully saturated rings. The second-order valence-corrected chi connectivity index (χ2v) is 5.70. The van der Waals surface area contributed by atoms with E-state index < -0.39 is 5.79 Å². The summed E-state index contributed by atoms with van der Waals surface area (Å²) in [5.41, 5.74) is 0.953. The molecule has 0 aromatic rings. The Morgan fingerprint density at radius 1 is 1.12 bits per heavy atom. The summed E-state index contributed by atoms with van der Waals surface area (Å²) in [4.78, 5) is 0. The summed E-state index contributed by atoms with van der Waals surface area (Å²) in [6.45, 7) is 1.39. The molecule has 1 saturated heterocycles. The van der Waals surface area contributed by atoms with E-state index >= 15 is 0 Å². The summed E-state index contributed by atoms with van der Waals surface area (Å²) in [7, 11) is 0. The zero-order valence-electron chi connectivity index (χ0n) is 9.26. The molecule has 1 spiro atoms.